The molecule has 3 aromatic rings. The van der Waals surface area contributed by atoms with Crippen molar-refractivity contribution in [2.24, 2.45) is 0 Å². The molecule has 0 saturated heterocycles. The van der Waals surface area contributed by atoms with E-state index in [4.69, 9.17) is 0 Å². The lowest BCUT2D eigenvalue weighted by molar-refractivity contribution is 0.0992. The van der Waals surface area contributed by atoms with Crippen LogP contribution in [-0.4, -0.2) is 15.8 Å². The standard InChI is InChI=1S/C19H16N2O2/c1-13-18(15-10-6-3-7-11-15)16(21-19(23)20-13)12-17(22)14-8-4-2-5-9-14/h2-11H,12H2,1H3,(H,20,21,23). The quantitative estimate of drug-likeness (QED) is 0.753. The van der Waals surface area contributed by atoms with Crippen LogP contribution in [0.5, 0.6) is 0 Å². The van der Waals surface area contributed by atoms with E-state index < -0.39 is 5.69 Å². The van der Waals surface area contributed by atoms with E-state index in [2.05, 4.69) is 9.97 Å². The Morgan fingerprint density at radius 1 is 1.00 bits per heavy atom. The Balaban J connectivity index is 2.05. The number of H-pyrrole nitrogens is 1. The zero-order valence-corrected chi connectivity index (χ0v) is 12.7. The first-order valence-electron chi connectivity index (χ1n) is 7.38. The number of aryl methyl sites for hydroxylation is 1. The molecule has 2 aromatic carbocycles. The second kappa shape index (κ2) is 6.40. The van der Waals surface area contributed by atoms with Gasteiger partial charge in [-0.15, -0.1) is 0 Å². The molecule has 0 amide bonds. The van der Waals surface area contributed by atoms with Crippen LogP contribution in [0.15, 0.2) is 65.5 Å². The smallest absolute Gasteiger partial charge is 0.309 e. The van der Waals surface area contributed by atoms with E-state index in [1.165, 1.54) is 0 Å². The number of hydrogen-bond acceptors (Lipinski definition) is 3. The third kappa shape index (κ3) is 3.26. The van der Waals surface area contributed by atoms with E-state index in [0.717, 1.165) is 11.1 Å². The summed E-state index contributed by atoms with van der Waals surface area (Å²) in [5.41, 5.74) is 3.16. The van der Waals surface area contributed by atoms with Crippen LogP contribution in [0.25, 0.3) is 11.1 Å². The molecule has 1 heterocycles. The van der Waals surface area contributed by atoms with Crippen LogP contribution >= 0.6 is 0 Å². The highest BCUT2D eigenvalue weighted by Gasteiger charge is 2.15. The van der Waals surface area contributed by atoms with Crippen molar-refractivity contribution in [2.75, 3.05) is 0 Å². The number of aromatic nitrogens is 2. The molecule has 0 unspecified atom stereocenters. The van der Waals surface area contributed by atoms with Gasteiger partial charge < -0.3 is 4.98 Å². The molecule has 23 heavy (non-hydrogen) atoms. The van der Waals surface area contributed by atoms with Crippen molar-refractivity contribution in [2.45, 2.75) is 13.3 Å². The van der Waals surface area contributed by atoms with Crippen LogP contribution in [0.1, 0.15) is 21.7 Å². The molecule has 4 heteroatoms. The third-order valence-electron chi connectivity index (χ3n) is 3.69. The van der Waals surface area contributed by atoms with Gasteiger partial charge in [0.25, 0.3) is 0 Å². The van der Waals surface area contributed by atoms with Gasteiger partial charge in [0.05, 0.1) is 12.1 Å². The Kier molecular flexibility index (Phi) is 4.15. The van der Waals surface area contributed by atoms with Crippen LogP contribution in [0.4, 0.5) is 0 Å². The predicted molar refractivity (Wildman–Crippen MR) is 89.5 cm³/mol. The maximum atomic E-state index is 12.5. The van der Waals surface area contributed by atoms with Crippen molar-refractivity contribution >= 4 is 5.78 Å². The Bertz CT molecular complexity index is 884. The molecule has 1 N–H and O–H groups in total. The fourth-order valence-corrected chi connectivity index (χ4v) is 2.65. The van der Waals surface area contributed by atoms with Gasteiger partial charge >= 0.3 is 5.69 Å². The van der Waals surface area contributed by atoms with E-state index in [0.29, 0.717) is 17.0 Å². The van der Waals surface area contributed by atoms with Crippen LogP contribution in [-0.2, 0) is 6.42 Å². The summed E-state index contributed by atoms with van der Waals surface area (Å²) in [5, 5.41) is 0. The summed E-state index contributed by atoms with van der Waals surface area (Å²) in [7, 11) is 0. The monoisotopic (exact) mass is 304 g/mol. The summed E-state index contributed by atoms with van der Waals surface area (Å²) >= 11 is 0. The van der Waals surface area contributed by atoms with Crippen molar-refractivity contribution < 1.29 is 4.79 Å². The van der Waals surface area contributed by atoms with Gasteiger partial charge in [-0.05, 0) is 12.5 Å². The van der Waals surface area contributed by atoms with Gasteiger partial charge in [-0.3, -0.25) is 4.79 Å². The zero-order chi connectivity index (χ0) is 16.2. The molecule has 0 fully saturated rings. The van der Waals surface area contributed by atoms with Gasteiger partial charge in [-0.1, -0.05) is 60.7 Å². The molecule has 0 aliphatic rings. The first-order chi connectivity index (χ1) is 11.1. The van der Waals surface area contributed by atoms with Crippen molar-refractivity contribution in [1.29, 1.82) is 0 Å². The van der Waals surface area contributed by atoms with E-state index >= 15 is 0 Å². The number of ketones is 1. The second-order valence-corrected chi connectivity index (χ2v) is 5.31. The summed E-state index contributed by atoms with van der Waals surface area (Å²) in [6.07, 6.45) is 0.132. The van der Waals surface area contributed by atoms with Gasteiger partial charge in [0, 0.05) is 16.8 Å². The highest BCUT2D eigenvalue weighted by Crippen LogP contribution is 2.25. The Morgan fingerprint density at radius 2 is 1.61 bits per heavy atom. The Morgan fingerprint density at radius 3 is 2.26 bits per heavy atom. The molecule has 3 rings (SSSR count). The molecule has 0 spiro atoms. The summed E-state index contributed by atoms with van der Waals surface area (Å²) in [6.45, 7) is 1.79. The Labute approximate surface area is 133 Å². The van der Waals surface area contributed by atoms with Crippen molar-refractivity contribution in [1.82, 2.24) is 9.97 Å². The minimum absolute atomic E-state index is 0.0379. The van der Waals surface area contributed by atoms with E-state index in [9.17, 15) is 9.59 Å². The molecule has 0 bridgehead atoms. The van der Waals surface area contributed by atoms with Gasteiger partial charge in [-0.2, -0.15) is 4.98 Å². The minimum atomic E-state index is -0.432. The number of rotatable bonds is 4. The SMILES string of the molecule is Cc1nc(=O)[nH]c(CC(=O)c2ccccc2)c1-c1ccccc1. The molecule has 0 atom stereocenters. The lowest BCUT2D eigenvalue weighted by Crippen LogP contribution is -2.18. The maximum absolute atomic E-state index is 12.5. The zero-order valence-electron chi connectivity index (χ0n) is 12.7. The summed E-state index contributed by atoms with van der Waals surface area (Å²) in [5.74, 6) is -0.0379. The van der Waals surface area contributed by atoms with E-state index in [1.54, 1.807) is 19.1 Å². The largest absolute Gasteiger partial charge is 0.345 e. The minimum Gasteiger partial charge on any atom is -0.309 e. The van der Waals surface area contributed by atoms with Gasteiger partial charge in [0.15, 0.2) is 5.78 Å². The number of carbonyl (C=O) groups excluding carboxylic acids is 1. The summed E-state index contributed by atoms with van der Waals surface area (Å²) in [4.78, 5) is 30.9. The van der Waals surface area contributed by atoms with Gasteiger partial charge in [-0.25, -0.2) is 4.79 Å². The number of nitrogens with one attached hydrogen (secondary N) is 1. The van der Waals surface area contributed by atoms with Crippen molar-refractivity contribution in [3.8, 4) is 11.1 Å². The highest BCUT2D eigenvalue weighted by atomic mass is 16.1. The normalized spacial score (nSPS) is 10.5. The molecular weight excluding hydrogens is 288 g/mol. The predicted octanol–water partition coefficient (Wildman–Crippen LogP) is 3.17. The first kappa shape index (κ1) is 14.9. The third-order valence-corrected chi connectivity index (χ3v) is 3.69. The van der Waals surface area contributed by atoms with Crippen LogP contribution in [0, 0.1) is 6.92 Å². The second-order valence-electron chi connectivity index (χ2n) is 5.31. The number of hydrogen-bond donors (Lipinski definition) is 1. The van der Waals surface area contributed by atoms with E-state index in [1.807, 2.05) is 48.5 Å². The van der Waals surface area contributed by atoms with Crippen LogP contribution in [0.2, 0.25) is 0 Å². The average Bonchev–Trinajstić information content (AvgIpc) is 2.56. The summed E-state index contributed by atoms with van der Waals surface area (Å²) < 4.78 is 0. The molecule has 1 aromatic heterocycles. The van der Waals surface area contributed by atoms with Crippen LogP contribution in [0.3, 0.4) is 0 Å². The lowest BCUT2D eigenvalue weighted by Gasteiger charge is -2.11. The van der Waals surface area contributed by atoms with Gasteiger partial charge in [0.2, 0.25) is 0 Å². The molecule has 0 aliphatic heterocycles. The molecular formula is C19H16N2O2. The Hall–Kier alpha value is -3.01. The van der Waals surface area contributed by atoms with Gasteiger partial charge in [0.1, 0.15) is 0 Å². The van der Waals surface area contributed by atoms with Crippen molar-refractivity contribution in [3.05, 3.63) is 88.1 Å². The maximum Gasteiger partial charge on any atom is 0.345 e. The summed E-state index contributed by atoms with van der Waals surface area (Å²) in [6, 6.07) is 18.7. The number of aromatic amines is 1. The molecule has 0 saturated carbocycles. The first-order valence-corrected chi connectivity index (χ1v) is 7.38. The van der Waals surface area contributed by atoms with Crippen molar-refractivity contribution in [3.63, 3.8) is 0 Å². The lowest BCUT2D eigenvalue weighted by atomic mass is 9.97. The molecule has 114 valence electrons. The highest BCUT2D eigenvalue weighted by molar-refractivity contribution is 5.98. The molecule has 0 radical (unpaired) electrons. The number of Topliss-reactive ketones (excluding diaryl/α,β-unsaturated/α-hetero) is 1. The number of nitrogens with zero attached hydrogens (tertiary/aromatic N) is 1. The number of carbonyl (C=O) groups is 1. The topological polar surface area (TPSA) is 62.8 Å². The molecule has 0 aliphatic carbocycles. The number of benzene rings is 2. The average molecular weight is 304 g/mol. The fraction of sp³-hybridized carbons (Fsp3) is 0.105. The van der Waals surface area contributed by atoms with Crippen LogP contribution < -0.4 is 5.69 Å². The van der Waals surface area contributed by atoms with E-state index in [-0.39, 0.29) is 12.2 Å². The fourth-order valence-electron chi connectivity index (χ4n) is 2.65. The molecule has 4 nitrogen and oxygen atoms in total.